The van der Waals surface area contributed by atoms with Crippen LogP contribution in [0.15, 0.2) is 30.3 Å². The molecule has 90 valence electrons. The van der Waals surface area contributed by atoms with Gasteiger partial charge in [-0.15, -0.1) is 0 Å². The summed E-state index contributed by atoms with van der Waals surface area (Å²) in [7, 11) is 0. The maximum atomic E-state index is 13.5. The predicted octanol–water partition coefficient (Wildman–Crippen LogP) is 3.50. The Morgan fingerprint density at radius 3 is 2.72 bits per heavy atom. The van der Waals surface area contributed by atoms with Gasteiger partial charge >= 0.3 is 0 Å². The van der Waals surface area contributed by atoms with E-state index in [0.29, 0.717) is 11.3 Å². The van der Waals surface area contributed by atoms with Gasteiger partial charge in [-0.3, -0.25) is 0 Å². The highest BCUT2D eigenvalue weighted by molar-refractivity contribution is 5.37. The fourth-order valence-electron chi connectivity index (χ4n) is 1.56. The Bertz CT molecular complexity index is 632. The molecule has 0 saturated heterocycles. The molecule has 1 heterocycles. The zero-order valence-electron chi connectivity index (χ0n) is 10.1. The number of nitrogens with zero attached hydrogens (tertiary/aromatic N) is 2. The van der Waals surface area contributed by atoms with Crippen LogP contribution in [0.25, 0.3) is 0 Å². The third-order valence-electron chi connectivity index (χ3n) is 2.36. The van der Waals surface area contributed by atoms with Crippen molar-refractivity contribution in [2.45, 2.75) is 13.8 Å². The van der Waals surface area contributed by atoms with Gasteiger partial charge in [0.05, 0.1) is 11.6 Å². The second-order valence-corrected chi connectivity index (χ2v) is 3.98. The van der Waals surface area contributed by atoms with Gasteiger partial charge in [-0.25, -0.2) is 9.37 Å². The summed E-state index contributed by atoms with van der Waals surface area (Å²) in [5, 5.41) is 8.84. The summed E-state index contributed by atoms with van der Waals surface area (Å²) < 4.78 is 18.9. The van der Waals surface area contributed by atoms with Gasteiger partial charge in [0.1, 0.15) is 0 Å². The minimum Gasteiger partial charge on any atom is -0.436 e. The van der Waals surface area contributed by atoms with Crippen molar-refractivity contribution in [3.8, 4) is 17.7 Å². The van der Waals surface area contributed by atoms with E-state index in [-0.39, 0.29) is 11.6 Å². The molecule has 0 bridgehead atoms. The number of aromatic nitrogens is 1. The standard InChI is InChI=1S/C14H11FN2O/c1-9-3-4-12(15)13(5-9)18-14-7-11(8-16)6-10(2)17-14/h3-7H,1-2H3. The average molecular weight is 242 g/mol. The van der Waals surface area contributed by atoms with Crippen molar-refractivity contribution >= 4 is 0 Å². The van der Waals surface area contributed by atoms with Crippen LogP contribution in [0, 0.1) is 31.0 Å². The van der Waals surface area contributed by atoms with Gasteiger partial charge in [-0.05, 0) is 37.6 Å². The summed E-state index contributed by atoms with van der Waals surface area (Å²) in [6.45, 7) is 3.59. The van der Waals surface area contributed by atoms with Crippen molar-refractivity contribution in [3.05, 3.63) is 53.0 Å². The van der Waals surface area contributed by atoms with Crippen LogP contribution in [0.5, 0.6) is 11.6 Å². The molecule has 1 aromatic carbocycles. The molecule has 1 aromatic heterocycles. The van der Waals surface area contributed by atoms with E-state index >= 15 is 0 Å². The van der Waals surface area contributed by atoms with Crippen molar-refractivity contribution in [2.75, 3.05) is 0 Å². The first-order valence-corrected chi connectivity index (χ1v) is 5.41. The van der Waals surface area contributed by atoms with Crippen LogP contribution in [-0.4, -0.2) is 4.98 Å². The largest absolute Gasteiger partial charge is 0.436 e. The Kier molecular flexibility index (Phi) is 3.24. The van der Waals surface area contributed by atoms with Crippen molar-refractivity contribution < 1.29 is 9.13 Å². The molecule has 0 spiro atoms. The number of aryl methyl sites for hydroxylation is 2. The van der Waals surface area contributed by atoms with Gasteiger partial charge in [-0.1, -0.05) is 6.07 Å². The molecule has 0 unspecified atom stereocenters. The molecule has 0 fully saturated rings. The van der Waals surface area contributed by atoms with Crippen LogP contribution in [0.3, 0.4) is 0 Å². The van der Waals surface area contributed by atoms with E-state index < -0.39 is 5.82 Å². The van der Waals surface area contributed by atoms with Crippen molar-refractivity contribution in [1.29, 1.82) is 5.26 Å². The monoisotopic (exact) mass is 242 g/mol. The normalized spacial score (nSPS) is 9.89. The number of benzene rings is 1. The second kappa shape index (κ2) is 4.84. The van der Waals surface area contributed by atoms with Crippen LogP contribution in [0.4, 0.5) is 4.39 Å². The van der Waals surface area contributed by atoms with E-state index in [4.69, 9.17) is 10.00 Å². The van der Waals surface area contributed by atoms with E-state index in [1.165, 1.54) is 12.1 Å². The number of hydrogen-bond acceptors (Lipinski definition) is 3. The summed E-state index contributed by atoms with van der Waals surface area (Å²) in [6, 6.07) is 9.71. The molecular weight excluding hydrogens is 231 g/mol. The summed E-state index contributed by atoms with van der Waals surface area (Å²) in [4.78, 5) is 4.11. The zero-order chi connectivity index (χ0) is 13.1. The Labute approximate surface area is 104 Å². The van der Waals surface area contributed by atoms with Gasteiger partial charge in [0.25, 0.3) is 0 Å². The fraction of sp³-hybridized carbons (Fsp3) is 0.143. The molecule has 2 rings (SSSR count). The highest BCUT2D eigenvalue weighted by atomic mass is 19.1. The Morgan fingerprint density at radius 2 is 2.00 bits per heavy atom. The van der Waals surface area contributed by atoms with E-state index in [1.807, 2.05) is 13.0 Å². The Balaban J connectivity index is 2.37. The first kappa shape index (κ1) is 12.1. The molecule has 0 saturated carbocycles. The third-order valence-corrected chi connectivity index (χ3v) is 2.36. The molecule has 0 N–H and O–H groups in total. The number of halogens is 1. The molecule has 18 heavy (non-hydrogen) atoms. The summed E-state index contributed by atoms with van der Waals surface area (Å²) >= 11 is 0. The SMILES string of the molecule is Cc1ccc(F)c(Oc2cc(C#N)cc(C)n2)c1. The number of pyridine rings is 1. The number of hydrogen-bond donors (Lipinski definition) is 0. The van der Waals surface area contributed by atoms with Crippen LogP contribution < -0.4 is 4.74 Å². The maximum Gasteiger partial charge on any atom is 0.220 e. The van der Waals surface area contributed by atoms with Gasteiger partial charge in [0, 0.05) is 11.8 Å². The predicted molar refractivity (Wildman–Crippen MR) is 64.9 cm³/mol. The van der Waals surface area contributed by atoms with Crippen LogP contribution >= 0.6 is 0 Å². The van der Waals surface area contributed by atoms with Crippen LogP contribution in [0.1, 0.15) is 16.8 Å². The topological polar surface area (TPSA) is 45.9 Å². The first-order valence-electron chi connectivity index (χ1n) is 5.41. The quantitative estimate of drug-likeness (QED) is 0.809. The number of ether oxygens (including phenoxy) is 1. The van der Waals surface area contributed by atoms with Gasteiger partial charge in [0.2, 0.25) is 5.88 Å². The molecule has 4 heteroatoms. The number of rotatable bonds is 2. The molecule has 0 aliphatic heterocycles. The molecule has 0 atom stereocenters. The number of nitriles is 1. The summed E-state index contributed by atoms with van der Waals surface area (Å²) in [6.07, 6.45) is 0. The zero-order valence-corrected chi connectivity index (χ0v) is 10.1. The van der Waals surface area contributed by atoms with Gasteiger partial charge < -0.3 is 4.74 Å². The molecule has 0 radical (unpaired) electrons. The Hall–Kier alpha value is -2.41. The lowest BCUT2D eigenvalue weighted by atomic mass is 10.2. The van der Waals surface area contributed by atoms with Crippen molar-refractivity contribution in [2.24, 2.45) is 0 Å². The van der Waals surface area contributed by atoms with E-state index in [1.54, 1.807) is 25.1 Å². The lowest BCUT2D eigenvalue weighted by molar-refractivity contribution is 0.426. The highest BCUT2D eigenvalue weighted by Crippen LogP contribution is 2.24. The van der Waals surface area contributed by atoms with Gasteiger partial charge in [-0.2, -0.15) is 5.26 Å². The van der Waals surface area contributed by atoms with Crippen molar-refractivity contribution in [3.63, 3.8) is 0 Å². The lowest BCUT2D eigenvalue weighted by Gasteiger charge is -2.07. The fourth-order valence-corrected chi connectivity index (χ4v) is 1.56. The van der Waals surface area contributed by atoms with E-state index in [2.05, 4.69) is 4.98 Å². The van der Waals surface area contributed by atoms with E-state index in [0.717, 1.165) is 5.56 Å². The van der Waals surface area contributed by atoms with Crippen LogP contribution in [0.2, 0.25) is 0 Å². The molecule has 3 nitrogen and oxygen atoms in total. The second-order valence-electron chi connectivity index (χ2n) is 3.98. The summed E-state index contributed by atoms with van der Waals surface area (Å²) in [5.74, 6) is -0.129. The Morgan fingerprint density at radius 1 is 1.22 bits per heavy atom. The lowest BCUT2D eigenvalue weighted by Crippen LogP contribution is -1.94. The first-order chi connectivity index (χ1) is 8.58. The van der Waals surface area contributed by atoms with Gasteiger partial charge in [0.15, 0.2) is 11.6 Å². The molecule has 0 aliphatic rings. The van der Waals surface area contributed by atoms with E-state index in [9.17, 15) is 4.39 Å². The minimum atomic E-state index is -0.456. The van der Waals surface area contributed by atoms with Crippen molar-refractivity contribution in [1.82, 2.24) is 4.98 Å². The van der Waals surface area contributed by atoms with Crippen LogP contribution in [-0.2, 0) is 0 Å². The molecule has 2 aromatic rings. The average Bonchev–Trinajstić information content (AvgIpc) is 2.33. The third kappa shape index (κ3) is 2.64. The minimum absolute atomic E-state index is 0.108. The summed E-state index contributed by atoms with van der Waals surface area (Å²) in [5.41, 5.74) is 1.97. The highest BCUT2D eigenvalue weighted by Gasteiger charge is 2.07. The molecule has 0 aliphatic carbocycles. The molecular formula is C14H11FN2O. The maximum absolute atomic E-state index is 13.5. The smallest absolute Gasteiger partial charge is 0.220 e. The molecule has 0 amide bonds.